The standard InChI is InChI=1S/C9H6ClN3O3/c1-5-2-3-6(4-7(5)13(14)15)8-11-9(10)16-12-8/h2-4H,1H3. The number of halogens is 1. The first-order valence-corrected chi connectivity index (χ1v) is 4.70. The van der Waals surface area contributed by atoms with E-state index in [1.807, 2.05) is 0 Å². The number of nitro benzene ring substituents is 1. The van der Waals surface area contributed by atoms with Crippen LogP contribution in [0.4, 0.5) is 5.69 Å². The van der Waals surface area contributed by atoms with Crippen molar-refractivity contribution in [3.63, 3.8) is 0 Å². The Kier molecular flexibility index (Phi) is 2.57. The third-order valence-corrected chi connectivity index (χ3v) is 2.22. The minimum atomic E-state index is -0.458. The molecule has 0 amide bonds. The smallest absolute Gasteiger partial charge is 0.320 e. The highest BCUT2D eigenvalue weighted by Crippen LogP contribution is 2.25. The Morgan fingerprint density at radius 1 is 1.50 bits per heavy atom. The molecule has 0 aliphatic heterocycles. The number of nitrogens with zero attached hydrogens (tertiary/aromatic N) is 3. The van der Waals surface area contributed by atoms with Crippen molar-refractivity contribution in [1.29, 1.82) is 0 Å². The summed E-state index contributed by atoms with van der Waals surface area (Å²) in [6.07, 6.45) is 0. The van der Waals surface area contributed by atoms with Crippen LogP contribution in [0.2, 0.25) is 5.35 Å². The Morgan fingerprint density at radius 2 is 2.25 bits per heavy atom. The van der Waals surface area contributed by atoms with E-state index in [0.29, 0.717) is 11.1 Å². The second-order valence-electron chi connectivity index (χ2n) is 3.13. The van der Waals surface area contributed by atoms with Gasteiger partial charge in [0.25, 0.3) is 5.69 Å². The zero-order valence-electron chi connectivity index (χ0n) is 8.18. The molecule has 16 heavy (non-hydrogen) atoms. The van der Waals surface area contributed by atoms with Gasteiger partial charge in [0.2, 0.25) is 5.82 Å². The molecule has 1 aromatic heterocycles. The molecule has 82 valence electrons. The second-order valence-corrected chi connectivity index (χ2v) is 3.45. The number of benzene rings is 1. The molecule has 0 spiro atoms. The fraction of sp³-hybridized carbons (Fsp3) is 0.111. The fourth-order valence-corrected chi connectivity index (χ4v) is 1.38. The SMILES string of the molecule is Cc1ccc(-c2noc(Cl)n2)cc1[N+](=O)[O-]. The summed E-state index contributed by atoms with van der Waals surface area (Å²) in [5.41, 5.74) is 1.08. The first-order chi connectivity index (χ1) is 7.58. The molecular weight excluding hydrogens is 234 g/mol. The van der Waals surface area contributed by atoms with Crippen molar-refractivity contribution in [2.75, 3.05) is 0 Å². The normalized spacial score (nSPS) is 10.4. The van der Waals surface area contributed by atoms with E-state index in [4.69, 9.17) is 11.6 Å². The van der Waals surface area contributed by atoms with Crippen LogP contribution in [-0.2, 0) is 0 Å². The van der Waals surface area contributed by atoms with Crippen LogP contribution >= 0.6 is 11.6 Å². The van der Waals surface area contributed by atoms with Crippen LogP contribution in [0.25, 0.3) is 11.4 Å². The summed E-state index contributed by atoms with van der Waals surface area (Å²) in [4.78, 5) is 14.0. The summed E-state index contributed by atoms with van der Waals surface area (Å²) in [7, 11) is 0. The molecule has 0 unspecified atom stereocenters. The van der Waals surface area contributed by atoms with E-state index in [1.165, 1.54) is 6.07 Å². The van der Waals surface area contributed by atoms with Crippen molar-refractivity contribution in [3.8, 4) is 11.4 Å². The van der Waals surface area contributed by atoms with Crippen LogP contribution in [-0.4, -0.2) is 15.1 Å². The van der Waals surface area contributed by atoms with Gasteiger partial charge in [-0.25, -0.2) is 0 Å². The first-order valence-electron chi connectivity index (χ1n) is 4.32. The largest absolute Gasteiger partial charge is 0.321 e. The molecule has 6 nitrogen and oxygen atoms in total. The summed E-state index contributed by atoms with van der Waals surface area (Å²) in [5.74, 6) is 0.230. The minimum absolute atomic E-state index is 0.0124. The van der Waals surface area contributed by atoms with Gasteiger partial charge in [-0.3, -0.25) is 10.1 Å². The first kappa shape index (κ1) is 10.6. The molecule has 2 aromatic rings. The molecule has 0 saturated heterocycles. The number of rotatable bonds is 2. The van der Waals surface area contributed by atoms with Gasteiger partial charge in [0, 0.05) is 17.2 Å². The molecule has 7 heteroatoms. The van der Waals surface area contributed by atoms with E-state index in [1.54, 1.807) is 19.1 Å². The highest BCUT2D eigenvalue weighted by atomic mass is 35.5. The maximum Gasteiger partial charge on any atom is 0.320 e. The third kappa shape index (κ3) is 1.87. The van der Waals surface area contributed by atoms with Gasteiger partial charge in [-0.1, -0.05) is 17.3 Å². The number of aryl methyl sites for hydroxylation is 1. The Labute approximate surface area is 95.0 Å². The average molecular weight is 240 g/mol. The van der Waals surface area contributed by atoms with Crippen LogP contribution in [0.1, 0.15) is 5.56 Å². The van der Waals surface area contributed by atoms with Crippen molar-refractivity contribution in [2.24, 2.45) is 0 Å². The predicted molar refractivity (Wildman–Crippen MR) is 56.1 cm³/mol. The van der Waals surface area contributed by atoms with E-state index in [2.05, 4.69) is 14.7 Å². The lowest BCUT2D eigenvalue weighted by atomic mass is 10.1. The molecule has 1 heterocycles. The summed E-state index contributed by atoms with van der Waals surface area (Å²) in [5, 5.41) is 14.2. The zero-order valence-corrected chi connectivity index (χ0v) is 8.93. The van der Waals surface area contributed by atoms with Crippen molar-refractivity contribution >= 4 is 17.3 Å². The lowest BCUT2D eigenvalue weighted by molar-refractivity contribution is -0.385. The summed E-state index contributed by atoms with van der Waals surface area (Å²) < 4.78 is 4.58. The van der Waals surface area contributed by atoms with Crippen molar-refractivity contribution < 1.29 is 9.45 Å². The summed E-state index contributed by atoms with van der Waals surface area (Å²) >= 11 is 5.47. The van der Waals surface area contributed by atoms with Crippen LogP contribution < -0.4 is 0 Å². The topological polar surface area (TPSA) is 82.1 Å². The highest BCUT2D eigenvalue weighted by molar-refractivity contribution is 6.27. The Bertz CT molecular complexity index is 553. The van der Waals surface area contributed by atoms with Gasteiger partial charge in [0.15, 0.2) is 0 Å². The number of aromatic nitrogens is 2. The van der Waals surface area contributed by atoms with Gasteiger partial charge in [0.05, 0.1) is 4.92 Å². The maximum atomic E-state index is 10.7. The predicted octanol–water partition coefficient (Wildman–Crippen LogP) is 2.61. The molecule has 1 aromatic carbocycles. The maximum absolute atomic E-state index is 10.7. The van der Waals surface area contributed by atoms with E-state index >= 15 is 0 Å². The van der Waals surface area contributed by atoms with Gasteiger partial charge in [0.1, 0.15) is 0 Å². The highest BCUT2D eigenvalue weighted by Gasteiger charge is 2.14. The summed E-state index contributed by atoms with van der Waals surface area (Å²) in [6.45, 7) is 1.66. The van der Waals surface area contributed by atoms with Crippen molar-refractivity contribution in [1.82, 2.24) is 10.1 Å². The van der Waals surface area contributed by atoms with Gasteiger partial charge >= 0.3 is 5.35 Å². The monoisotopic (exact) mass is 239 g/mol. The van der Waals surface area contributed by atoms with Crippen LogP contribution in [0.5, 0.6) is 0 Å². The molecule has 2 rings (SSSR count). The Balaban J connectivity index is 2.51. The molecule has 0 fully saturated rings. The molecule has 0 atom stereocenters. The van der Waals surface area contributed by atoms with Crippen molar-refractivity contribution in [2.45, 2.75) is 6.92 Å². The van der Waals surface area contributed by atoms with E-state index in [-0.39, 0.29) is 16.9 Å². The number of nitro groups is 1. The molecular formula is C9H6ClN3O3. The van der Waals surface area contributed by atoms with Gasteiger partial charge in [-0.15, -0.1) is 0 Å². The van der Waals surface area contributed by atoms with Crippen LogP contribution in [0.15, 0.2) is 22.7 Å². The van der Waals surface area contributed by atoms with Gasteiger partial charge in [-0.2, -0.15) is 4.98 Å². The number of hydrogen-bond donors (Lipinski definition) is 0. The van der Waals surface area contributed by atoms with Crippen LogP contribution in [0, 0.1) is 17.0 Å². The minimum Gasteiger partial charge on any atom is -0.321 e. The molecule has 0 bridgehead atoms. The van der Waals surface area contributed by atoms with E-state index in [9.17, 15) is 10.1 Å². The Hall–Kier alpha value is -1.95. The van der Waals surface area contributed by atoms with E-state index < -0.39 is 4.92 Å². The number of hydrogen-bond acceptors (Lipinski definition) is 5. The second kappa shape index (κ2) is 3.90. The third-order valence-electron chi connectivity index (χ3n) is 2.07. The lowest BCUT2D eigenvalue weighted by Gasteiger charge is -1.98. The van der Waals surface area contributed by atoms with Crippen LogP contribution in [0.3, 0.4) is 0 Å². The van der Waals surface area contributed by atoms with Crippen molar-refractivity contribution in [3.05, 3.63) is 39.2 Å². The van der Waals surface area contributed by atoms with Gasteiger partial charge < -0.3 is 4.52 Å². The lowest BCUT2D eigenvalue weighted by Crippen LogP contribution is -1.92. The molecule has 0 aliphatic rings. The average Bonchev–Trinajstić information content (AvgIpc) is 2.65. The van der Waals surface area contributed by atoms with Gasteiger partial charge in [-0.05, 0) is 18.5 Å². The summed E-state index contributed by atoms with van der Waals surface area (Å²) in [6, 6.07) is 4.68. The Morgan fingerprint density at radius 3 is 2.81 bits per heavy atom. The quantitative estimate of drug-likeness (QED) is 0.594. The van der Waals surface area contributed by atoms with E-state index in [0.717, 1.165) is 0 Å². The molecule has 0 saturated carbocycles. The fourth-order valence-electron chi connectivity index (χ4n) is 1.27. The molecule has 0 N–H and O–H groups in total. The zero-order chi connectivity index (χ0) is 11.7. The molecule has 0 radical (unpaired) electrons. The molecule has 0 aliphatic carbocycles.